The van der Waals surface area contributed by atoms with E-state index in [4.69, 9.17) is 0 Å². The zero-order valence-corrected chi connectivity index (χ0v) is 10.5. The van der Waals surface area contributed by atoms with Crippen LogP contribution in [0, 0.1) is 5.92 Å². The van der Waals surface area contributed by atoms with E-state index < -0.39 is 0 Å². The summed E-state index contributed by atoms with van der Waals surface area (Å²) < 4.78 is 0. The second kappa shape index (κ2) is 4.69. The third kappa shape index (κ3) is 2.16. The summed E-state index contributed by atoms with van der Waals surface area (Å²) in [6, 6.07) is 8.29. The molecule has 0 atom stereocenters. The second-order valence-electron chi connectivity index (χ2n) is 4.86. The van der Waals surface area contributed by atoms with Gasteiger partial charge in [0.15, 0.2) is 5.78 Å². The molecule has 0 saturated carbocycles. The SMILES string of the molecule is CC(C)CC(=O)c1cc(O)c2ccccc2c1O. The van der Waals surface area contributed by atoms with Crippen LogP contribution >= 0.6 is 0 Å². The van der Waals surface area contributed by atoms with Crippen LogP contribution in [0.15, 0.2) is 30.3 Å². The molecule has 0 fully saturated rings. The molecule has 3 heteroatoms. The van der Waals surface area contributed by atoms with Gasteiger partial charge in [-0.2, -0.15) is 0 Å². The van der Waals surface area contributed by atoms with Gasteiger partial charge in [0.2, 0.25) is 0 Å². The number of Topliss-reactive ketones (excluding diaryl/α,β-unsaturated/α-hetero) is 1. The van der Waals surface area contributed by atoms with E-state index in [1.54, 1.807) is 24.3 Å². The van der Waals surface area contributed by atoms with Gasteiger partial charge < -0.3 is 10.2 Å². The first-order chi connectivity index (χ1) is 8.50. The fourth-order valence-electron chi connectivity index (χ4n) is 2.03. The van der Waals surface area contributed by atoms with Crippen LogP contribution in [0.3, 0.4) is 0 Å². The van der Waals surface area contributed by atoms with E-state index in [1.165, 1.54) is 6.07 Å². The van der Waals surface area contributed by atoms with Crippen LogP contribution in [0.2, 0.25) is 0 Å². The summed E-state index contributed by atoms with van der Waals surface area (Å²) in [7, 11) is 0. The maximum Gasteiger partial charge on any atom is 0.167 e. The van der Waals surface area contributed by atoms with Gasteiger partial charge in [0.25, 0.3) is 0 Å². The van der Waals surface area contributed by atoms with Gasteiger partial charge in [-0.05, 0) is 12.0 Å². The van der Waals surface area contributed by atoms with Gasteiger partial charge in [-0.1, -0.05) is 38.1 Å². The molecule has 0 unspecified atom stereocenters. The number of phenols is 2. The number of carbonyl (C=O) groups excluding carboxylic acids is 1. The molecule has 0 saturated heterocycles. The van der Waals surface area contributed by atoms with Gasteiger partial charge in [-0.3, -0.25) is 4.79 Å². The zero-order chi connectivity index (χ0) is 13.3. The van der Waals surface area contributed by atoms with E-state index in [0.717, 1.165) is 0 Å². The van der Waals surface area contributed by atoms with Gasteiger partial charge in [0.1, 0.15) is 11.5 Å². The minimum absolute atomic E-state index is 0.0236. The smallest absolute Gasteiger partial charge is 0.167 e. The maximum atomic E-state index is 12.0. The van der Waals surface area contributed by atoms with Crippen LogP contribution in [-0.2, 0) is 0 Å². The Morgan fingerprint density at radius 2 is 1.78 bits per heavy atom. The lowest BCUT2D eigenvalue weighted by atomic mass is 9.97. The highest BCUT2D eigenvalue weighted by atomic mass is 16.3. The van der Waals surface area contributed by atoms with Crippen LogP contribution in [0.5, 0.6) is 11.5 Å². The Balaban J connectivity index is 2.59. The molecule has 2 rings (SSSR count). The molecule has 0 radical (unpaired) electrons. The lowest BCUT2D eigenvalue weighted by molar-refractivity contribution is 0.0965. The molecule has 0 spiro atoms. The molecule has 2 N–H and O–H groups in total. The number of rotatable bonds is 3. The highest BCUT2D eigenvalue weighted by Gasteiger charge is 2.17. The Hall–Kier alpha value is -2.03. The lowest BCUT2D eigenvalue weighted by Crippen LogP contribution is -2.04. The fraction of sp³-hybridized carbons (Fsp3) is 0.267. The van der Waals surface area contributed by atoms with Crippen molar-refractivity contribution in [2.24, 2.45) is 5.92 Å². The number of ketones is 1. The number of hydrogen-bond donors (Lipinski definition) is 2. The summed E-state index contributed by atoms with van der Waals surface area (Å²) >= 11 is 0. The second-order valence-corrected chi connectivity index (χ2v) is 4.86. The van der Waals surface area contributed by atoms with Gasteiger partial charge in [0.05, 0.1) is 5.56 Å². The molecule has 0 aliphatic rings. The quantitative estimate of drug-likeness (QED) is 0.642. The van der Waals surface area contributed by atoms with Gasteiger partial charge in [-0.15, -0.1) is 0 Å². The standard InChI is InChI=1S/C15H16O3/c1-9(2)7-13(16)12-8-14(17)10-5-3-4-6-11(10)15(12)18/h3-6,8-9,17-18H,7H2,1-2H3. The monoisotopic (exact) mass is 244 g/mol. The molecule has 2 aromatic carbocycles. The average Bonchev–Trinajstić information content (AvgIpc) is 2.33. The van der Waals surface area contributed by atoms with E-state index in [0.29, 0.717) is 17.2 Å². The Morgan fingerprint density at radius 3 is 2.39 bits per heavy atom. The van der Waals surface area contributed by atoms with Crippen molar-refractivity contribution >= 4 is 16.6 Å². The first kappa shape index (κ1) is 12.4. The minimum atomic E-state index is -0.149. The van der Waals surface area contributed by atoms with Crippen LogP contribution in [-0.4, -0.2) is 16.0 Å². The molecule has 2 aromatic rings. The zero-order valence-electron chi connectivity index (χ0n) is 10.5. The minimum Gasteiger partial charge on any atom is -0.507 e. The third-order valence-electron chi connectivity index (χ3n) is 2.89. The number of fused-ring (bicyclic) bond motifs is 1. The van der Waals surface area contributed by atoms with Crippen LogP contribution < -0.4 is 0 Å². The summed E-state index contributed by atoms with van der Waals surface area (Å²) in [5.74, 6) is 0.0404. The summed E-state index contributed by atoms with van der Waals surface area (Å²) in [4.78, 5) is 12.0. The number of benzene rings is 2. The average molecular weight is 244 g/mol. The lowest BCUT2D eigenvalue weighted by Gasteiger charge is -2.10. The van der Waals surface area contributed by atoms with E-state index in [-0.39, 0.29) is 28.8 Å². The summed E-state index contributed by atoms with van der Waals surface area (Å²) in [6.07, 6.45) is 0.353. The van der Waals surface area contributed by atoms with E-state index >= 15 is 0 Å². The third-order valence-corrected chi connectivity index (χ3v) is 2.89. The molecule has 0 aliphatic heterocycles. The first-order valence-corrected chi connectivity index (χ1v) is 5.97. The fourth-order valence-corrected chi connectivity index (χ4v) is 2.03. The summed E-state index contributed by atoms with van der Waals surface area (Å²) in [6.45, 7) is 3.88. The highest BCUT2D eigenvalue weighted by molar-refractivity contribution is 6.06. The first-order valence-electron chi connectivity index (χ1n) is 5.97. The molecule has 0 bridgehead atoms. The largest absolute Gasteiger partial charge is 0.507 e. The molecule has 0 aromatic heterocycles. The van der Waals surface area contributed by atoms with Gasteiger partial charge >= 0.3 is 0 Å². The Labute approximate surface area is 106 Å². The molecule has 3 nitrogen and oxygen atoms in total. The number of phenolic OH excluding ortho intramolecular Hbond substituents is 2. The summed E-state index contributed by atoms with van der Waals surface area (Å²) in [5.41, 5.74) is 0.194. The van der Waals surface area contributed by atoms with Gasteiger partial charge in [0, 0.05) is 17.2 Å². The number of carbonyl (C=O) groups is 1. The highest BCUT2D eigenvalue weighted by Crippen LogP contribution is 2.36. The van der Waals surface area contributed by atoms with Crippen molar-refractivity contribution in [3.05, 3.63) is 35.9 Å². The van der Waals surface area contributed by atoms with Crippen LogP contribution in [0.1, 0.15) is 30.6 Å². The molecule has 0 heterocycles. The Bertz CT molecular complexity index is 600. The van der Waals surface area contributed by atoms with Crippen LogP contribution in [0.25, 0.3) is 10.8 Å². The Morgan fingerprint density at radius 1 is 1.17 bits per heavy atom. The van der Waals surface area contributed by atoms with E-state index in [9.17, 15) is 15.0 Å². The molecular weight excluding hydrogens is 228 g/mol. The summed E-state index contributed by atoms with van der Waals surface area (Å²) in [5, 5.41) is 21.1. The van der Waals surface area contributed by atoms with Gasteiger partial charge in [-0.25, -0.2) is 0 Å². The topological polar surface area (TPSA) is 57.5 Å². The van der Waals surface area contributed by atoms with Crippen LogP contribution in [0.4, 0.5) is 0 Å². The maximum absolute atomic E-state index is 12.0. The van der Waals surface area contributed by atoms with Crippen molar-refractivity contribution in [2.75, 3.05) is 0 Å². The Kier molecular flexibility index (Phi) is 3.24. The number of aromatic hydroxyl groups is 2. The predicted octanol–water partition coefficient (Wildman–Crippen LogP) is 3.48. The van der Waals surface area contributed by atoms with Crippen molar-refractivity contribution in [1.29, 1.82) is 0 Å². The molecule has 0 amide bonds. The van der Waals surface area contributed by atoms with E-state index in [2.05, 4.69) is 0 Å². The van der Waals surface area contributed by atoms with E-state index in [1.807, 2.05) is 13.8 Å². The van der Waals surface area contributed by atoms with Crippen molar-refractivity contribution in [2.45, 2.75) is 20.3 Å². The normalized spacial score (nSPS) is 11.1. The molecule has 94 valence electrons. The van der Waals surface area contributed by atoms with Crippen molar-refractivity contribution in [1.82, 2.24) is 0 Å². The van der Waals surface area contributed by atoms with Crippen molar-refractivity contribution < 1.29 is 15.0 Å². The molecule has 18 heavy (non-hydrogen) atoms. The van der Waals surface area contributed by atoms with Crippen molar-refractivity contribution in [3.63, 3.8) is 0 Å². The van der Waals surface area contributed by atoms with Crippen molar-refractivity contribution in [3.8, 4) is 11.5 Å². The molecule has 0 aliphatic carbocycles. The number of hydrogen-bond acceptors (Lipinski definition) is 3. The molecular formula is C15H16O3. The predicted molar refractivity (Wildman–Crippen MR) is 71.1 cm³/mol.